The SMILES string of the molecule is CNCc1ccc(OCC2CC3CCC2C3)cn1. The van der Waals surface area contributed by atoms with Crippen LogP contribution in [0.1, 0.15) is 31.4 Å². The molecular formula is C15H22N2O. The molecule has 1 aromatic rings. The minimum Gasteiger partial charge on any atom is -0.492 e. The number of nitrogens with one attached hydrogen (secondary N) is 1. The number of pyridine rings is 1. The third kappa shape index (κ3) is 2.51. The monoisotopic (exact) mass is 246 g/mol. The number of ether oxygens (including phenoxy) is 1. The summed E-state index contributed by atoms with van der Waals surface area (Å²) in [4.78, 5) is 4.37. The first kappa shape index (κ1) is 12.0. The van der Waals surface area contributed by atoms with E-state index in [1.165, 1.54) is 25.7 Å². The first-order valence-corrected chi connectivity index (χ1v) is 7.07. The maximum Gasteiger partial charge on any atom is 0.137 e. The summed E-state index contributed by atoms with van der Waals surface area (Å²) in [6, 6.07) is 4.07. The highest BCUT2D eigenvalue weighted by Crippen LogP contribution is 2.48. The van der Waals surface area contributed by atoms with Gasteiger partial charge in [0.25, 0.3) is 0 Å². The second kappa shape index (κ2) is 5.27. The summed E-state index contributed by atoms with van der Waals surface area (Å²) in [6.07, 6.45) is 7.57. The Hall–Kier alpha value is -1.09. The molecule has 3 unspecified atom stereocenters. The first-order valence-electron chi connectivity index (χ1n) is 7.07. The topological polar surface area (TPSA) is 34.1 Å². The van der Waals surface area contributed by atoms with E-state index in [1.54, 1.807) is 0 Å². The van der Waals surface area contributed by atoms with E-state index in [9.17, 15) is 0 Å². The van der Waals surface area contributed by atoms with E-state index in [2.05, 4.69) is 10.3 Å². The number of aromatic nitrogens is 1. The van der Waals surface area contributed by atoms with Crippen molar-refractivity contribution in [2.45, 2.75) is 32.2 Å². The van der Waals surface area contributed by atoms with Gasteiger partial charge < -0.3 is 10.1 Å². The molecule has 98 valence electrons. The molecule has 1 N–H and O–H groups in total. The highest BCUT2D eigenvalue weighted by molar-refractivity contribution is 5.19. The zero-order valence-electron chi connectivity index (χ0n) is 11.1. The molecule has 2 aliphatic rings. The molecule has 2 fully saturated rings. The van der Waals surface area contributed by atoms with Gasteiger partial charge in [0.1, 0.15) is 5.75 Å². The van der Waals surface area contributed by atoms with Crippen molar-refractivity contribution in [1.29, 1.82) is 0 Å². The third-order valence-corrected chi connectivity index (χ3v) is 4.50. The van der Waals surface area contributed by atoms with Crippen LogP contribution in [0.3, 0.4) is 0 Å². The maximum atomic E-state index is 5.89. The van der Waals surface area contributed by atoms with E-state index in [4.69, 9.17) is 4.74 Å². The number of hydrogen-bond acceptors (Lipinski definition) is 3. The molecule has 2 saturated carbocycles. The molecule has 1 heterocycles. The highest BCUT2D eigenvalue weighted by atomic mass is 16.5. The molecule has 0 saturated heterocycles. The van der Waals surface area contributed by atoms with Crippen molar-refractivity contribution in [3.8, 4) is 5.75 Å². The molecule has 2 bridgehead atoms. The van der Waals surface area contributed by atoms with Gasteiger partial charge in [0.2, 0.25) is 0 Å². The number of rotatable bonds is 5. The van der Waals surface area contributed by atoms with E-state index in [0.717, 1.165) is 42.3 Å². The minimum atomic E-state index is 0.792. The van der Waals surface area contributed by atoms with Crippen LogP contribution < -0.4 is 10.1 Å². The quantitative estimate of drug-likeness (QED) is 0.867. The van der Waals surface area contributed by atoms with Gasteiger partial charge in [0.15, 0.2) is 0 Å². The Kier molecular flexibility index (Phi) is 3.50. The van der Waals surface area contributed by atoms with Gasteiger partial charge in [-0.2, -0.15) is 0 Å². The summed E-state index contributed by atoms with van der Waals surface area (Å²) >= 11 is 0. The zero-order chi connectivity index (χ0) is 12.4. The first-order chi connectivity index (χ1) is 8.85. The fourth-order valence-electron chi connectivity index (χ4n) is 3.57. The number of hydrogen-bond donors (Lipinski definition) is 1. The van der Waals surface area contributed by atoms with Crippen LogP contribution in [-0.4, -0.2) is 18.6 Å². The third-order valence-electron chi connectivity index (χ3n) is 4.50. The Labute approximate surface area is 109 Å². The zero-order valence-corrected chi connectivity index (χ0v) is 11.1. The summed E-state index contributed by atoms with van der Waals surface area (Å²) in [5.41, 5.74) is 1.06. The van der Waals surface area contributed by atoms with Crippen LogP contribution in [0.5, 0.6) is 5.75 Å². The van der Waals surface area contributed by atoms with Gasteiger partial charge >= 0.3 is 0 Å². The molecule has 0 aromatic carbocycles. The van der Waals surface area contributed by atoms with E-state index in [-0.39, 0.29) is 0 Å². The van der Waals surface area contributed by atoms with Gasteiger partial charge in [-0.1, -0.05) is 6.42 Å². The van der Waals surface area contributed by atoms with Gasteiger partial charge in [-0.15, -0.1) is 0 Å². The van der Waals surface area contributed by atoms with Crippen molar-refractivity contribution in [1.82, 2.24) is 10.3 Å². The maximum absolute atomic E-state index is 5.89. The summed E-state index contributed by atoms with van der Waals surface area (Å²) < 4.78 is 5.89. The second-order valence-corrected chi connectivity index (χ2v) is 5.76. The summed E-state index contributed by atoms with van der Waals surface area (Å²) in [7, 11) is 1.93. The molecule has 3 rings (SSSR count). The predicted octanol–water partition coefficient (Wildman–Crippen LogP) is 2.62. The highest BCUT2D eigenvalue weighted by Gasteiger charge is 2.39. The van der Waals surface area contributed by atoms with Gasteiger partial charge in [0.05, 0.1) is 18.5 Å². The molecule has 0 aliphatic heterocycles. The predicted molar refractivity (Wildman–Crippen MR) is 71.4 cm³/mol. The Bertz CT molecular complexity index is 390. The van der Waals surface area contributed by atoms with Crippen molar-refractivity contribution in [3.63, 3.8) is 0 Å². The van der Waals surface area contributed by atoms with E-state index in [0.29, 0.717) is 0 Å². The van der Waals surface area contributed by atoms with Crippen LogP contribution in [0.25, 0.3) is 0 Å². The Morgan fingerprint density at radius 3 is 2.89 bits per heavy atom. The average Bonchev–Trinajstić information content (AvgIpc) is 3.00. The van der Waals surface area contributed by atoms with Crippen LogP contribution in [0.15, 0.2) is 18.3 Å². The van der Waals surface area contributed by atoms with Crippen LogP contribution >= 0.6 is 0 Å². The van der Waals surface area contributed by atoms with Crippen LogP contribution in [0, 0.1) is 17.8 Å². The average molecular weight is 246 g/mol. The van der Waals surface area contributed by atoms with E-state index < -0.39 is 0 Å². The molecule has 3 nitrogen and oxygen atoms in total. The number of nitrogens with zero attached hydrogens (tertiary/aromatic N) is 1. The molecule has 0 amide bonds. The standard InChI is InChI=1S/C15H22N2O/c1-16-8-14-4-5-15(9-17-14)18-10-13-7-11-2-3-12(13)6-11/h4-5,9,11-13,16H,2-3,6-8,10H2,1H3. The van der Waals surface area contributed by atoms with Crippen molar-refractivity contribution in [2.75, 3.05) is 13.7 Å². The van der Waals surface area contributed by atoms with Crippen molar-refractivity contribution >= 4 is 0 Å². The Morgan fingerprint density at radius 2 is 2.28 bits per heavy atom. The van der Waals surface area contributed by atoms with E-state index >= 15 is 0 Å². The van der Waals surface area contributed by atoms with Crippen LogP contribution in [0.2, 0.25) is 0 Å². The lowest BCUT2D eigenvalue weighted by Crippen LogP contribution is -2.18. The molecule has 18 heavy (non-hydrogen) atoms. The number of fused-ring (bicyclic) bond motifs is 2. The lowest BCUT2D eigenvalue weighted by molar-refractivity contribution is 0.194. The molecule has 0 spiro atoms. The molecule has 1 aromatic heterocycles. The van der Waals surface area contributed by atoms with Gasteiger partial charge in [-0.05, 0) is 56.2 Å². The van der Waals surface area contributed by atoms with Crippen molar-refractivity contribution in [2.24, 2.45) is 17.8 Å². The smallest absolute Gasteiger partial charge is 0.137 e. The molecule has 3 heteroatoms. The summed E-state index contributed by atoms with van der Waals surface area (Å²) in [6.45, 7) is 1.70. The molecular weight excluding hydrogens is 224 g/mol. The van der Waals surface area contributed by atoms with Crippen molar-refractivity contribution < 1.29 is 4.74 Å². The molecule has 2 aliphatic carbocycles. The largest absolute Gasteiger partial charge is 0.492 e. The Balaban J connectivity index is 1.50. The van der Waals surface area contributed by atoms with Crippen LogP contribution in [0.4, 0.5) is 0 Å². The molecule has 3 atom stereocenters. The lowest BCUT2D eigenvalue weighted by Gasteiger charge is -2.21. The normalized spacial score (nSPS) is 29.7. The Morgan fingerprint density at radius 1 is 1.33 bits per heavy atom. The second-order valence-electron chi connectivity index (χ2n) is 5.76. The lowest BCUT2D eigenvalue weighted by atomic mass is 9.90. The summed E-state index contributed by atoms with van der Waals surface area (Å²) in [5.74, 6) is 3.64. The van der Waals surface area contributed by atoms with Gasteiger partial charge in [-0.25, -0.2) is 0 Å². The van der Waals surface area contributed by atoms with Gasteiger partial charge in [0, 0.05) is 6.54 Å². The fraction of sp³-hybridized carbons (Fsp3) is 0.667. The molecule has 0 radical (unpaired) electrons. The van der Waals surface area contributed by atoms with Gasteiger partial charge in [-0.3, -0.25) is 4.98 Å². The fourth-order valence-corrected chi connectivity index (χ4v) is 3.57. The van der Waals surface area contributed by atoms with Crippen molar-refractivity contribution in [3.05, 3.63) is 24.0 Å². The van der Waals surface area contributed by atoms with E-state index in [1.807, 2.05) is 25.4 Å². The minimum absolute atomic E-state index is 0.792. The summed E-state index contributed by atoms with van der Waals surface area (Å²) in [5, 5.41) is 3.10. The van der Waals surface area contributed by atoms with Crippen LogP contribution in [-0.2, 0) is 6.54 Å².